The summed E-state index contributed by atoms with van der Waals surface area (Å²) in [6.07, 6.45) is 6.58. The van der Waals surface area contributed by atoms with Gasteiger partial charge in [0, 0.05) is 6.20 Å². The molecule has 2 N–H and O–H groups in total. The molecular formula is C9H15N3O2S. The standard InChI is InChI=1S/C9H15N3O2S/c10-15(13,14)7-8-5-6-12(11-8)9-3-1-2-4-9/h5-6,9H,1-4,7H2,(H2,10,13,14). The van der Waals surface area contributed by atoms with Crippen LogP contribution in [0.2, 0.25) is 0 Å². The molecule has 0 bridgehead atoms. The van der Waals surface area contributed by atoms with Crippen molar-refractivity contribution in [2.45, 2.75) is 37.5 Å². The maximum Gasteiger partial charge on any atom is 0.214 e. The Morgan fingerprint density at radius 1 is 1.47 bits per heavy atom. The van der Waals surface area contributed by atoms with E-state index >= 15 is 0 Å². The van der Waals surface area contributed by atoms with Crippen molar-refractivity contribution in [2.24, 2.45) is 5.14 Å². The van der Waals surface area contributed by atoms with Crippen molar-refractivity contribution < 1.29 is 8.42 Å². The minimum absolute atomic E-state index is 0.174. The summed E-state index contributed by atoms with van der Waals surface area (Å²) in [5.74, 6) is -0.174. The Hall–Kier alpha value is -0.880. The van der Waals surface area contributed by atoms with Gasteiger partial charge in [-0.25, -0.2) is 13.6 Å². The van der Waals surface area contributed by atoms with Crippen molar-refractivity contribution >= 4 is 10.0 Å². The SMILES string of the molecule is NS(=O)(=O)Cc1ccn(C2CCCC2)n1. The molecule has 15 heavy (non-hydrogen) atoms. The first kappa shape index (κ1) is 10.6. The highest BCUT2D eigenvalue weighted by Crippen LogP contribution is 2.28. The molecule has 2 rings (SSSR count). The second kappa shape index (κ2) is 3.94. The van der Waals surface area contributed by atoms with E-state index in [1.54, 1.807) is 6.07 Å². The molecule has 0 radical (unpaired) electrons. The number of hydrogen-bond acceptors (Lipinski definition) is 3. The first-order valence-electron chi connectivity index (χ1n) is 5.09. The molecule has 6 heteroatoms. The van der Waals surface area contributed by atoms with E-state index in [-0.39, 0.29) is 5.75 Å². The quantitative estimate of drug-likeness (QED) is 0.832. The van der Waals surface area contributed by atoms with Gasteiger partial charge in [0.25, 0.3) is 0 Å². The summed E-state index contributed by atoms with van der Waals surface area (Å²) < 4.78 is 23.6. The maximum atomic E-state index is 10.9. The molecule has 0 aromatic carbocycles. The van der Waals surface area contributed by atoms with E-state index in [0.29, 0.717) is 11.7 Å². The Balaban J connectivity index is 2.10. The van der Waals surface area contributed by atoms with Crippen molar-refractivity contribution in [3.8, 4) is 0 Å². The second-order valence-electron chi connectivity index (χ2n) is 4.03. The zero-order chi connectivity index (χ0) is 10.9. The van der Waals surface area contributed by atoms with Gasteiger partial charge in [0.15, 0.2) is 0 Å². The van der Waals surface area contributed by atoms with Gasteiger partial charge < -0.3 is 0 Å². The van der Waals surface area contributed by atoms with Crippen LogP contribution in [-0.2, 0) is 15.8 Å². The zero-order valence-electron chi connectivity index (χ0n) is 8.46. The molecule has 1 aromatic heterocycles. The van der Waals surface area contributed by atoms with Gasteiger partial charge in [-0.3, -0.25) is 4.68 Å². The van der Waals surface area contributed by atoms with Gasteiger partial charge >= 0.3 is 0 Å². The lowest BCUT2D eigenvalue weighted by atomic mass is 10.3. The van der Waals surface area contributed by atoms with Gasteiger partial charge in [0.05, 0.1) is 11.7 Å². The number of nitrogens with zero attached hydrogens (tertiary/aromatic N) is 2. The molecule has 0 aliphatic heterocycles. The third-order valence-corrected chi connectivity index (χ3v) is 3.41. The lowest BCUT2D eigenvalue weighted by molar-refractivity contribution is 0.464. The average Bonchev–Trinajstić information content (AvgIpc) is 2.68. The van der Waals surface area contributed by atoms with E-state index in [1.807, 2.05) is 10.9 Å². The van der Waals surface area contributed by atoms with Crippen LogP contribution in [0.4, 0.5) is 0 Å². The molecule has 1 saturated carbocycles. The van der Waals surface area contributed by atoms with E-state index in [2.05, 4.69) is 5.10 Å². The molecule has 0 atom stereocenters. The van der Waals surface area contributed by atoms with Crippen LogP contribution in [0.25, 0.3) is 0 Å². The van der Waals surface area contributed by atoms with E-state index in [0.717, 1.165) is 12.8 Å². The summed E-state index contributed by atoms with van der Waals surface area (Å²) >= 11 is 0. The summed E-state index contributed by atoms with van der Waals surface area (Å²) in [5, 5.41) is 9.19. The number of aromatic nitrogens is 2. The normalized spacial score (nSPS) is 18.5. The highest BCUT2D eigenvalue weighted by atomic mass is 32.2. The van der Waals surface area contributed by atoms with Crippen LogP contribution in [0.1, 0.15) is 37.4 Å². The fourth-order valence-electron chi connectivity index (χ4n) is 2.03. The van der Waals surface area contributed by atoms with Crippen molar-refractivity contribution in [3.63, 3.8) is 0 Å². The van der Waals surface area contributed by atoms with Crippen LogP contribution in [0, 0.1) is 0 Å². The topological polar surface area (TPSA) is 78.0 Å². The molecule has 1 aliphatic carbocycles. The molecule has 0 amide bonds. The highest BCUT2D eigenvalue weighted by molar-refractivity contribution is 7.88. The second-order valence-corrected chi connectivity index (χ2v) is 5.65. The summed E-state index contributed by atoms with van der Waals surface area (Å²) in [6.45, 7) is 0. The van der Waals surface area contributed by atoms with E-state index in [9.17, 15) is 8.42 Å². The molecule has 0 unspecified atom stereocenters. The monoisotopic (exact) mass is 229 g/mol. The average molecular weight is 229 g/mol. The molecule has 1 heterocycles. The van der Waals surface area contributed by atoms with Crippen molar-refractivity contribution in [2.75, 3.05) is 0 Å². The fraction of sp³-hybridized carbons (Fsp3) is 0.667. The van der Waals surface area contributed by atoms with Crippen molar-refractivity contribution in [3.05, 3.63) is 18.0 Å². The van der Waals surface area contributed by atoms with Crippen LogP contribution in [0.15, 0.2) is 12.3 Å². The lowest BCUT2D eigenvalue weighted by Gasteiger charge is -2.08. The predicted molar refractivity (Wildman–Crippen MR) is 56.5 cm³/mol. The van der Waals surface area contributed by atoms with Gasteiger partial charge in [-0.1, -0.05) is 12.8 Å². The van der Waals surface area contributed by atoms with Crippen LogP contribution < -0.4 is 5.14 Å². The first-order valence-corrected chi connectivity index (χ1v) is 6.81. The summed E-state index contributed by atoms with van der Waals surface area (Å²) in [7, 11) is -3.46. The number of sulfonamides is 1. The molecule has 1 aromatic rings. The third-order valence-electron chi connectivity index (χ3n) is 2.71. The maximum absolute atomic E-state index is 10.9. The Kier molecular flexibility index (Phi) is 2.79. The number of nitrogens with two attached hydrogens (primary N) is 1. The molecule has 1 fully saturated rings. The molecule has 84 valence electrons. The van der Waals surface area contributed by atoms with Gasteiger partial charge in [0.1, 0.15) is 5.75 Å². The molecule has 0 spiro atoms. The van der Waals surface area contributed by atoms with Gasteiger partial charge in [0.2, 0.25) is 10.0 Å². The molecular weight excluding hydrogens is 214 g/mol. The highest BCUT2D eigenvalue weighted by Gasteiger charge is 2.18. The number of rotatable bonds is 3. The third kappa shape index (κ3) is 2.79. The van der Waals surface area contributed by atoms with Crippen LogP contribution in [-0.4, -0.2) is 18.2 Å². The molecule has 5 nitrogen and oxygen atoms in total. The van der Waals surface area contributed by atoms with Crippen molar-refractivity contribution in [1.82, 2.24) is 9.78 Å². The van der Waals surface area contributed by atoms with Crippen LogP contribution in [0.3, 0.4) is 0 Å². The predicted octanol–water partition coefficient (Wildman–Crippen LogP) is 0.787. The smallest absolute Gasteiger partial charge is 0.214 e. The molecule has 1 aliphatic rings. The van der Waals surface area contributed by atoms with Gasteiger partial charge in [-0.2, -0.15) is 5.10 Å². The van der Waals surface area contributed by atoms with E-state index < -0.39 is 10.0 Å². The lowest BCUT2D eigenvalue weighted by Crippen LogP contribution is -2.15. The first-order chi connectivity index (χ1) is 7.04. The van der Waals surface area contributed by atoms with Gasteiger partial charge in [-0.15, -0.1) is 0 Å². The minimum Gasteiger partial charge on any atom is -0.269 e. The largest absolute Gasteiger partial charge is 0.269 e. The fourth-order valence-corrected chi connectivity index (χ4v) is 2.60. The minimum atomic E-state index is -3.46. The summed E-state index contributed by atoms with van der Waals surface area (Å²) in [6, 6.07) is 2.17. The van der Waals surface area contributed by atoms with Gasteiger partial charge in [-0.05, 0) is 18.9 Å². The van der Waals surface area contributed by atoms with Crippen molar-refractivity contribution in [1.29, 1.82) is 0 Å². The summed E-state index contributed by atoms with van der Waals surface area (Å²) in [5.41, 5.74) is 0.532. The van der Waals surface area contributed by atoms with E-state index in [1.165, 1.54) is 12.8 Å². The van der Waals surface area contributed by atoms with Crippen LogP contribution >= 0.6 is 0 Å². The number of hydrogen-bond donors (Lipinski definition) is 1. The Morgan fingerprint density at radius 3 is 2.73 bits per heavy atom. The Bertz CT molecular complexity index is 432. The Labute approximate surface area is 89.3 Å². The Morgan fingerprint density at radius 2 is 2.13 bits per heavy atom. The summed E-state index contributed by atoms with van der Waals surface area (Å²) in [4.78, 5) is 0. The van der Waals surface area contributed by atoms with E-state index in [4.69, 9.17) is 5.14 Å². The molecule has 0 saturated heterocycles. The van der Waals surface area contributed by atoms with Crippen LogP contribution in [0.5, 0.6) is 0 Å². The number of primary sulfonamides is 1. The zero-order valence-corrected chi connectivity index (χ0v) is 9.28.